The molecule has 2 aromatic carbocycles. The summed E-state index contributed by atoms with van der Waals surface area (Å²) < 4.78 is 4.02. The molecule has 120 valence electrons. The Kier molecular flexibility index (Phi) is 6.16. The average Bonchev–Trinajstić information content (AvgIpc) is 2.61. The first-order valence-corrected chi connectivity index (χ1v) is 11.7. The van der Waals surface area contributed by atoms with Crippen LogP contribution in [0, 0.1) is 0 Å². The Bertz CT molecular complexity index is 631. The molecule has 1 saturated carbocycles. The van der Waals surface area contributed by atoms with Gasteiger partial charge in [-0.25, -0.2) is 0 Å². The predicted molar refractivity (Wildman–Crippen MR) is 99.8 cm³/mol. The molecule has 0 bridgehead atoms. The fraction of sp³-hybridized carbons (Fsp3) is 0.300. The van der Waals surface area contributed by atoms with E-state index in [1.54, 1.807) is 0 Å². The van der Waals surface area contributed by atoms with E-state index in [-0.39, 0.29) is 15.0 Å². The van der Waals surface area contributed by atoms with E-state index in [0.717, 1.165) is 25.7 Å². The van der Waals surface area contributed by atoms with Crippen molar-refractivity contribution in [1.29, 1.82) is 0 Å². The van der Waals surface area contributed by atoms with Gasteiger partial charge in [0.25, 0.3) is 0 Å². The normalized spacial score (nSPS) is 17.9. The van der Waals surface area contributed by atoms with E-state index in [1.807, 2.05) is 0 Å². The molecule has 0 amide bonds. The van der Waals surface area contributed by atoms with E-state index in [2.05, 4.69) is 65.6 Å². The molecule has 0 atom stereocenters. The molecule has 1 fully saturated rings. The van der Waals surface area contributed by atoms with Gasteiger partial charge in [0, 0.05) is 0 Å². The first kappa shape index (κ1) is 17.0. The summed E-state index contributed by atoms with van der Waals surface area (Å²) in [6.45, 7) is 0. The van der Waals surface area contributed by atoms with Crippen molar-refractivity contribution < 1.29 is 5.11 Å². The average molecular weight is 436 g/mol. The summed E-state index contributed by atoms with van der Waals surface area (Å²) in [5.74, 6) is 0. The van der Waals surface area contributed by atoms with Crippen molar-refractivity contribution in [2.24, 2.45) is 0 Å². The number of aliphatic hydroxyl groups is 1. The second-order valence-electron chi connectivity index (χ2n) is 5.92. The Hall–Kier alpha value is -0.821. The standard InChI is InChI=1S/C20H22OSe2/c21-20(14-8-3-9-15-20)19(23-18-12-6-2-7-13-18)16-22-17-10-4-1-5-11-17/h1-2,4-7,10-13,16,21H,3,8-9,14-15H2. The van der Waals surface area contributed by atoms with Crippen molar-refractivity contribution in [3.8, 4) is 0 Å². The molecule has 1 aliphatic rings. The molecule has 0 heterocycles. The molecule has 3 heteroatoms. The summed E-state index contributed by atoms with van der Waals surface area (Å²) >= 11 is 0.504. The number of hydrogen-bond donors (Lipinski definition) is 1. The van der Waals surface area contributed by atoms with Crippen LogP contribution in [-0.2, 0) is 0 Å². The van der Waals surface area contributed by atoms with Crippen molar-refractivity contribution in [2.45, 2.75) is 37.7 Å². The number of rotatable bonds is 5. The zero-order chi connectivity index (χ0) is 16.0. The molecule has 0 aromatic heterocycles. The second-order valence-corrected chi connectivity index (χ2v) is 10.2. The maximum absolute atomic E-state index is 11.2. The van der Waals surface area contributed by atoms with Crippen LogP contribution in [-0.4, -0.2) is 40.6 Å². The minimum absolute atomic E-state index is 0.212. The van der Waals surface area contributed by atoms with Crippen LogP contribution < -0.4 is 8.92 Å². The van der Waals surface area contributed by atoms with Crippen molar-refractivity contribution >= 4 is 38.8 Å². The summed E-state index contributed by atoms with van der Waals surface area (Å²) in [6.07, 6.45) is 5.42. The van der Waals surface area contributed by atoms with Gasteiger partial charge in [0.1, 0.15) is 0 Å². The van der Waals surface area contributed by atoms with Crippen LogP contribution in [0.15, 0.2) is 70.1 Å². The molecule has 0 aliphatic heterocycles. The monoisotopic (exact) mass is 438 g/mol. The molecule has 2 aromatic rings. The molecule has 0 unspecified atom stereocenters. The maximum atomic E-state index is 11.2. The molecule has 1 aliphatic carbocycles. The molecule has 0 radical (unpaired) electrons. The van der Waals surface area contributed by atoms with E-state index >= 15 is 0 Å². The Morgan fingerprint density at radius 1 is 0.826 bits per heavy atom. The summed E-state index contributed by atoms with van der Waals surface area (Å²) in [7, 11) is 0. The fourth-order valence-corrected chi connectivity index (χ4v) is 7.60. The number of hydrogen-bond acceptors (Lipinski definition) is 1. The zero-order valence-corrected chi connectivity index (χ0v) is 16.6. The van der Waals surface area contributed by atoms with Gasteiger partial charge in [-0.1, -0.05) is 0 Å². The second kappa shape index (κ2) is 8.33. The van der Waals surface area contributed by atoms with Crippen molar-refractivity contribution in [3.05, 3.63) is 70.1 Å². The van der Waals surface area contributed by atoms with Crippen LogP contribution in [0.25, 0.3) is 0 Å². The molecule has 0 spiro atoms. The molecular weight excluding hydrogens is 414 g/mol. The van der Waals surface area contributed by atoms with Gasteiger partial charge in [-0.05, 0) is 0 Å². The Balaban J connectivity index is 1.83. The third-order valence-corrected chi connectivity index (χ3v) is 9.37. The molecule has 1 nitrogen and oxygen atoms in total. The Morgan fingerprint density at radius 2 is 1.39 bits per heavy atom. The Labute approximate surface area is 151 Å². The molecule has 1 N–H and O–H groups in total. The van der Waals surface area contributed by atoms with Crippen molar-refractivity contribution in [2.75, 3.05) is 0 Å². The predicted octanol–water partition coefficient (Wildman–Crippen LogP) is 2.58. The van der Waals surface area contributed by atoms with Gasteiger partial charge >= 0.3 is 152 Å². The van der Waals surface area contributed by atoms with E-state index < -0.39 is 5.60 Å². The van der Waals surface area contributed by atoms with Gasteiger partial charge in [-0.15, -0.1) is 0 Å². The van der Waals surface area contributed by atoms with Crippen LogP contribution in [0.3, 0.4) is 0 Å². The SMILES string of the molecule is OC1(C(=C[Se]c2ccccc2)[Se]c2ccccc2)CCCCC1. The number of benzene rings is 2. The van der Waals surface area contributed by atoms with Gasteiger partial charge < -0.3 is 0 Å². The Morgan fingerprint density at radius 3 is 2.00 bits per heavy atom. The van der Waals surface area contributed by atoms with Crippen LogP contribution in [0.4, 0.5) is 0 Å². The van der Waals surface area contributed by atoms with Gasteiger partial charge in [0.2, 0.25) is 0 Å². The first-order valence-electron chi connectivity index (χ1n) is 8.14. The topological polar surface area (TPSA) is 20.2 Å². The van der Waals surface area contributed by atoms with E-state index in [1.165, 1.54) is 19.8 Å². The van der Waals surface area contributed by atoms with Gasteiger partial charge in [0.15, 0.2) is 0 Å². The summed E-state index contributed by atoms with van der Waals surface area (Å²) in [4.78, 5) is 2.36. The van der Waals surface area contributed by atoms with Gasteiger partial charge in [-0.2, -0.15) is 0 Å². The van der Waals surface area contributed by atoms with Crippen LogP contribution in [0.2, 0.25) is 0 Å². The van der Waals surface area contributed by atoms with Crippen LogP contribution in [0.1, 0.15) is 32.1 Å². The van der Waals surface area contributed by atoms with Crippen molar-refractivity contribution in [3.63, 3.8) is 0 Å². The summed E-state index contributed by atoms with van der Waals surface area (Å²) in [6, 6.07) is 21.3. The molecule has 3 rings (SSSR count). The zero-order valence-electron chi connectivity index (χ0n) is 13.2. The van der Waals surface area contributed by atoms with Crippen LogP contribution >= 0.6 is 0 Å². The van der Waals surface area contributed by atoms with Gasteiger partial charge in [-0.3, -0.25) is 0 Å². The van der Waals surface area contributed by atoms with E-state index in [9.17, 15) is 5.11 Å². The third kappa shape index (κ3) is 4.83. The molecular formula is C20H22OSe2. The van der Waals surface area contributed by atoms with E-state index in [4.69, 9.17) is 0 Å². The third-order valence-electron chi connectivity index (χ3n) is 4.16. The quantitative estimate of drug-likeness (QED) is 0.715. The van der Waals surface area contributed by atoms with Gasteiger partial charge in [0.05, 0.1) is 0 Å². The first-order chi connectivity index (χ1) is 11.3. The van der Waals surface area contributed by atoms with Crippen LogP contribution in [0.5, 0.6) is 0 Å². The molecule has 0 saturated heterocycles. The molecule has 23 heavy (non-hydrogen) atoms. The summed E-state index contributed by atoms with van der Waals surface area (Å²) in [5.41, 5.74) is -0.565. The fourth-order valence-electron chi connectivity index (χ4n) is 2.85. The summed E-state index contributed by atoms with van der Waals surface area (Å²) in [5, 5.41) is 11.2. The minimum atomic E-state index is -0.565. The van der Waals surface area contributed by atoms with Crippen molar-refractivity contribution in [1.82, 2.24) is 0 Å². The van der Waals surface area contributed by atoms with E-state index in [0.29, 0.717) is 15.0 Å².